The van der Waals surface area contributed by atoms with Crippen LogP contribution in [-0.2, 0) is 20.9 Å². The van der Waals surface area contributed by atoms with Gasteiger partial charge in [-0.05, 0) is 5.56 Å². The molecule has 7 heteroatoms. The molecule has 1 aromatic rings. The molecule has 0 aliphatic carbocycles. The van der Waals surface area contributed by atoms with Gasteiger partial charge in [0.1, 0.15) is 6.04 Å². The van der Waals surface area contributed by atoms with Gasteiger partial charge in [-0.1, -0.05) is 30.3 Å². The highest BCUT2D eigenvalue weighted by molar-refractivity contribution is 6.05. The zero-order chi connectivity index (χ0) is 16.2. The number of ether oxygens (including phenoxy) is 1. The average molecular weight is 317 g/mol. The Hall–Kier alpha value is -2.41. The van der Waals surface area contributed by atoms with Crippen molar-refractivity contribution < 1.29 is 19.1 Å². The van der Waals surface area contributed by atoms with Gasteiger partial charge >= 0.3 is 6.03 Å². The third-order valence-electron chi connectivity index (χ3n) is 4.03. The number of urea groups is 1. The van der Waals surface area contributed by atoms with Gasteiger partial charge in [0.25, 0.3) is 5.91 Å². The largest absolute Gasteiger partial charge is 0.378 e. The van der Waals surface area contributed by atoms with Gasteiger partial charge in [-0.3, -0.25) is 14.5 Å². The van der Waals surface area contributed by atoms with Crippen LogP contribution in [0.1, 0.15) is 12.0 Å². The highest BCUT2D eigenvalue weighted by Gasteiger charge is 2.39. The van der Waals surface area contributed by atoms with Crippen LogP contribution in [0.4, 0.5) is 4.79 Å². The summed E-state index contributed by atoms with van der Waals surface area (Å²) in [7, 11) is 0. The molecule has 4 amide bonds. The lowest BCUT2D eigenvalue weighted by molar-refractivity contribution is -0.138. The van der Waals surface area contributed by atoms with Gasteiger partial charge in [0, 0.05) is 13.1 Å². The summed E-state index contributed by atoms with van der Waals surface area (Å²) in [5.41, 5.74) is 0.871. The molecule has 2 saturated heterocycles. The predicted molar refractivity (Wildman–Crippen MR) is 81.3 cm³/mol. The minimum Gasteiger partial charge on any atom is -0.378 e. The number of nitrogens with zero attached hydrogens (tertiary/aromatic N) is 2. The van der Waals surface area contributed by atoms with Gasteiger partial charge in [0.2, 0.25) is 5.91 Å². The van der Waals surface area contributed by atoms with Crippen molar-refractivity contribution in [1.82, 2.24) is 15.1 Å². The highest BCUT2D eigenvalue weighted by Crippen LogP contribution is 2.15. The maximum Gasteiger partial charge on any atom is 0.325 e. The second kappa shape index (κ2) is 6.78. The van der Waals surface area contributed by atoms with Crippen LogP contribution in [0.15, 0.2) is 30.3 Å². The quantitative estimate of drug-likeness (QED) is 0.813. The van der Waals surface area contributed by atoms with Crippen molar-refractivity contribution >= 4 is 17.8 Å². The van der Waals surface area contributed by atoms with Gasteiger partial charge in [-0.15, -0.1) is 0 Å². The van der Waals surface area contributed by atoms with Gasteiger partial charge in [-0.2, -0.15) is 0 Å². The molecule has 2 heterocycles. The first-order valence-corrected chi connectivity index (χ1v) is 7.66. The second-order valence-electron chi connectivity index (χ2n) is 5.61. The molecule has 0 aromatic heterocycles. The van der Waals surface area contributed by atoms with E-state index in [-0.39, 0.29) is 24.8 Å². The lowest BCUT2D eigenvalue weighted by atomic mass is 10.1. The Morgan fingerprint density at radius 3 is 2.57 bits per heavy atom. The molecular formula is C16H19N3O4. The summed E-state index contributed by atoms with van der Waals surface area (Å²) in [5, 5.41) is 2.60. The molecule has 0 bridgehead atoms. The molecule has 23 heavy (non-hydrogen) atoms. The Kier molecular flexibility index (Phi) is 4.57. The first-order chi connectivity index (χ1) is 11.1. The second-order valence-corrected chi connectivity index (χ2v) is 5.61. The molecule has 0 radical (unpaired) electrons. The normalized spacial score (nSPS) is 21.5. The van der Waals surface area contributed by atoms with Crippen molar-refractivity contribution in [3.63, 3.8) is 0 Å². The molecule has 122 valence electrons. The Labute approximate surface area is 134 Å². The predicted octanol–water partition coefficient (Wildman–Crippen LogP) is 0.356. The first-order valence-electron chi connectivity index (χ1n) is 7.66. The van der Waals surface area contributed by atoms with Crippen molar-refractivity contribution in [2.75, 3.05) is 26.3 Å². The SMILES string of the molecule is O=C(C[C@@H]1NC(=O)N(Cc2ccccc2)C1=O)N1CCOCC1. The van der Waals surface area contributed by atoms with Gasteiger partial charge < -0.3 is 15.0 Å². The summed E-state index contributed by atoms with van der Waals surface area (Å²) in [6.07, 6.45) is -0.00410. The first kappa shape index (κ1) is 15.5. The number of carbonyl (C=O) groups excluding carboxylic acids is 3. The molecule has 2 aliphatic rings. The zero-order valence-electron chi connectivity index (χ0n) is 12.7. The number of benzene rings is 1. The Morgan fingerprint density at radius 2 is 1.87 bits per heavy atom. The Balaban J connectivity index is 1.60. The van der Waals surface area contributed by atoms with Gasteiger partial charge in [0.15, 0.2) is 0 Å². The van der Waals surface area contributed by atoms with Crippen molar-refractivity contribution in [3.05, 3.63) is 35.9 Å². The minimum absolute atomic E-state index is 0.00410. The van der Waals surface area contributed by atoms with Crippen LogP contribution in [0.5, 0.6) is 0 Å². The summed E-state index contributed by atoms with van der Waals surface area (Å²) >= 11 is 0. The standard InChI is InChI=1S/C16H19N3O4/c20-14(18-6-8-23-9-7-18)10-13-15(21)19(16(22)17-13)11-12-4-2-1-3-5-12/h1-5,13H,6-11H2,(H,17,22)/t13-/m0/s1. The fourth-order valence-electron chi connectivity index (χ4n) is 2.75. The van der Waals surface area contributed by atoms with Crippen LogP contribution in [0.25, 0.3) is 0 Å². The van der Waals surface area contributed by atoms with E-state index in [0.29, 0.717) is 26.3 Å². The van der Waals surface area contributed by atoms with Crippen molar-refractivity contribution in [2.45, 2.75) is 19.0 Å². The summed E-state index contributed by atoms with van der Waals surface area (Å²) in [6, 6.07) is 8.07. The molecule has 2 fully saturated rings. The number of imide groups is 1. The molecule has 1 aromatic carbocycles. The van der Waals surface area contributed by atoms with E-state index < -0.39 is 12.1 Å². The van der Waals surface area contributed by atoms with Crippen LogP contribution in [0, 0.1) is 0 Å². The monoisotopic (exact) mass is 317 g/mol. The molecule has 1 N–H and O–H groups in total. The molecule has 0 unspecified atom stereocenters. The van der Waals surface area contributed by atoms with E-state index in [1.165, 1.54) is 0 Å². The van der Waals surface area contributed by atoms with Crippen LogP contribution < -0.4 is 5.32 Å². The number of morpholine rings is 1. The van der Waals surface area contributed by atoms with Crippen molar-refractivity contribution in [2.24, 2.45) is 0 Å². The van der Waals surface area contributed by atoms with Crippen molar-refractivity contribution in [3.8, 4) is 0 Å². The maximum atomic E-state index is 12.4. The molecule has 2 aliphatic heterocycles. The Bertz CT molecular complexity index is 599. The zero-order valence-corrected chi connectivity index (χ0v) is 12.7. The van der Waals surface area contributed by atoms with E-state index in [9.17, 15) is 14.4 Å². The molecule has 0 saturated carbocycles. The minimum atomic E-state index is -0.776. The molecule has 3 rings (SSSR count). The maximum absolute atomic E-state index is 12.4. The van der Waals surface area contributed by atoms with E-state index in [4.69, 9.17) is 4.74 Å². The number of amides is 4. The lowest BCUT2D eigenvalue weighted by Gasteiger charge is -2.27. The number of rotatable bonds is 4. The Morgan fingerprint density at radius 1 is 1.17 bits per heavy atom. The van der Waals surface area contributed by atoms with E-state index in [0.717, 1.165) is 10.5 Å². The molecule has 1 atom stereocenters. The fourth-order valence-corrected chi connectivity index (χ4v) is 2.75. The van der Waals surface area contributed by atoms with E-state index in [1.807, 2.05) is 30.3 Å². The summed E-state index contributed by atoms with van der Waals surface area (Å²) in [6.45, 7) is 2.30. The van der Waals surface area contributed by atoms with E-state index >= 15 is 0 Å². The molecular weight excluding hydrogens is 298 g/mol. The average Bonchev–Trinajstić information content (AvgIpc) is 2.84. The third kappa shape index (κ3) is 3.50. The number of hydrogen-bond acceptors (Lipinski definition) is 4. The number of nitrogens with one attached hydrogen (secondary N) is 1. The summed E-state index contributed by atoms with van der Waals surface area (Å²) in [5.74, 6) is -0.478. The lowest BCUT2D eigenvalue weighted by Crippen LogP contribution is -2.44. The van der Waals surface area contributed by atoms with E-state index in [1.54, 1.807) is 4.90 Å². The topological polar surface area (TPSA) is 79.0 Å². The van der Waals surface area contributed by atoms with Gasteiger partial charge in [-0.25, -0.2) is 4.79 Å². The molecule has 0 spiro atoms. The van der Waals surface area contributed by atoms with Crippen LogP contribution in [0.2, 0.25) is 0 Å². The van der Waals surface area contributed by atoms with E-state index in [2.05, 4.69) is 5.32 Å². The third-order valence-corrected chi connectivity index (χ3v) is 4.03. The number of carbonyl (C=O) groups is 3. The fraction of sp³-hybridized carbons (Fsp3) is 0.438. The smallest absolute Gasteiger partial charge is 0.325 e. The van der Waals surface area contributed by atoms with Crippen LogP contribution in [0.3, 0.4) is 0 Å². The van der Waals surface area contributed by atoms with Crippen molar-refractivity contribution in [1.29, 1.82) is 0 Å². The molecule has 7 nitrogen and oxygen atoms in total. The van der Waals surface area contributed by atoms with Crippen LogP contribution in [-0.4, -0.2) is 60.0 Å². The summed E-state index contributed by atoms with van der Waals surface area (Å²) in [4.78, 5) is 39.4. The number of hydrogen-bond donors (Lipinski definition) is 1. The highest BCUT2D eigenvalue weighted by atomic mass is 16.5. The van der Waals surface area contributed by atoms with Gasteiger partial charge in [0.05, 0.1) is 26.2 Å². The van der Waals surface area contributed by atoms with Crippen LogP contribution >= 0.6 is 0 Å². The summed E-state index contributed by atoms with van der Waals surface area (Å²) < 4.78 is 5.20.